The number of aliphatic carboxylic acids is 1. The molecule has 1 aliphatic carbocycles. The number of hydrogen-bond acceptors (Lipinski definition) is 3. The highest BCUT2D eigenvalue weighted by Gasteiger charge is 2.33. The maximum atomic E-state index is 11.3. The summed E-state index contributed by atoms with van der Waals surface area (Å²) in [6, 6.07) is 5.80. The van der Waals surface area contributed by atoms with E-state index in [0.717, 1.165) is 16.7 Å². The van der Waals surface area contributed by atoms with Crippen molar-refractivity contribution >= 4 is 17.1 Å². The second-order valence-electron chi connectivity index (χ2n) is 5.02. The van der Waals surface area contributed by atoms with Gasteiger partial charge in [-0.2, -0.15) is 0 Å². The van der Waals surface area contributed by atoms with Crippen molar-refractivity contribution in [3.05, 3.63) is 41.8 Å². The van der Waals surface area contributed by atoms with Crippen LogP contribution < -0.4 is 0 Å². The first kappa shape index (κ1) is 12.0. The number of fused-ring (bicyclic) bond motifs is 1. The van der Waals surface area contributed by atoms with E-state index in [-0.39, 0.29) is 5.92 Å². The largest absolute Gasteiger partial charge is 0.481 e. The van der Waals surface area contributed by atoms with E-state index in [1.165, 1.54) is 0 Å². The van der Waals surface area contributed by atoms with E-state index in [1.807, 2.05) is 37.3 Å². The Hall–Kier alpha value is -2.10. The van der Waals surface area contributed by atoms with Gasteiger partial charge < -0.3 is 9.52 Å². The van der Waals surface area contributed by atoms with Crippen LogP contribution in [0.2, 0.25) is 0 Å². The Balaban J connectivity index is 2.02. The molecule has 0 fully saturated rings. The molecule has 1 heterocycles. The number of oxazole rings is 1. The number of carboxylic acids is 1. The van der Waals surface area contributed by atoms with Crippen LogP contribution in [0, 0.1) is 12.8 Å². The Labute approximate surface area is 110 Å². The quantitative estimate of drug-likeness (QED) is 0.839. The molecule has 0 aliphatic heterocycles. The predicted octanol–water partition coefficient (Wildman–Crippen LogP) is 3.27. The lowest BCUT2D eigenvalue weighted by Crippen LogP contribution is -2.23. The van der Waals surface area contributed by atoms with Gasteiger partial charge in [-0.3, -0.25) is 4.79 Å². The van der Waals surface area contributed by atoms with Gasteiger partial charge in [-0.25, -0.2) is 4.98 Å². The third-order valence-electron chi connectivity index (χ3n) is 3.63. The molecule has 2 unspecified atom stereocenters. The Morgan fingerprint density at radius 2 is 2.16 bits per heavy atom. The zero-order chi connectivity index (χ0) is 13.4. The molecule has 0 bridgehead atoms. The van der Waals surface area contributed by atoms with Gasteiger partial charge in [0, 0.05) is 0 Å². The highest BCUT2D eigenvalue weighted by molar-refractivity contribution is 5.74. The van der Waals surface area contributed by atoms with Crippen LogP contribution in [0.3, 0.4) is 0 Å². The Morgan fingerprint density at radius 1 is 1.37 bits per heavy atom. The summed E-state index contributed by atoms with van der Waals surface area (Å²) in [4.78, 5) is 15.8. The molecule has 0 saturated heterocycles. The van der Waals surface area contributed by atoms with E-state index in [9.17, 15) is 9.90 Å². The van der Waals surface area contributed by atoms with Crippen molar-refractivity contribution in [1.82, 2.24) is 4.98 Å². The highest BCUT2D eigenvalue weighted by atomic mass is 16.4. The van der Waals surface area contributed by atoms with Gasteiger partial charge in [0.25, 0.3) is 0 Å². The molecule has 2 atom stereocenters. The van der Waals surface area contributed by atoms with Gasteiger partial charge in [0.1, 0.15) is 5.52 Å². The van der Waals surface area contributed by atoms with Crippen molar-refractivity contribution in [2.24, 2.45) is 5.92 Å². The van der Waals surface area contributed by atoms with Crippen molar-refractivity contribution in [1.29, 1.82) is 0 Å². The van der Waals surface area contributed by atoms with Gasteiger partial charge in [-0.15, -0.1) is 0 Å². The molecule has 1 aromatic heterocycles. The number of hydrogen-bond donors (Lipinski definition) is 1. The number of nitrogens with zero attached hydrogens (tertiary/aromatic N) is 1. The van der Waals surface area contributed by atoms with Gasteiger partial charge in [0.05, 0.1) is 11.8 Å². The van der Waals surface area contributed by atoms with Crippen LogP contribution in [-0.2, 0) is 4.79 Å². The van der Waals surface area contributed by atoms with E-state index >= 15 is 0 Å². The minimum Gasteiger partial charge on any atom is -0.481 e. The Kier molecular flexibility index (Phi) is 2.85. The molecular formula is C15H15NO3. The molecule has 4 heteroatoms. The monoisotopic (exact) mass is 257 g/mol. The normalized spacial score (nSPS) is 22.8. The lowest BCUT2D eigenvalue weighted by Gasteiger charge is -2.21. The SMILES string of the molecule is Cc1ccc2oc(C3CC=CCC3C(=O)O)nc2c1. The summed E-state index contributed by atoms with van der Waals surface area (Å²) in [5.41, 5.74) is 2.64. The predicted molar refractivity (Wildman–Crippen MR) is 71.0 cm³/mol. The number of carboxylic acid groups (broad SMARTS) is 1. The van der Waals surface area contributed by atoms with Crippen LogP contribution >= 0.6 is 0 Å². The first-order valence-corrected chi connectivity index (χ1v) is 6.40. The average molecular weight is 257 g/mol. The topological polar surface area (TPSA) is 63.3 Å². The molecule has 1 N–H and O–H groups in total. The summed E-state index contributed by atoms with van der Waals surface area (Å²) in [5, 5.41) is 9.29. The maximum Gasteiger partial charge on any atom is 0.307 e. The molecule has 1 aliphatic rings. The van der Waals surface area contributed by atoms with E-state index in [2.05, 4.69) is 4.98 Å². The van der Waals surface area contributed by atoms with E-state index in [4.69, 9.17) is 4.42 Å². The molecule has 3 rings (SSSR count). The van der Waals surface area contributed by atoms with Crippen LogP contribution in [0.15, 0.2) is 34.8 Å². The molecule has 4 nitrogen and oxygen atoms in total. The van der Waals surface area contributed by atoms with Crippen molar-refractivity contribution in [2.75, 3.05) is 0 Å². The highest BCUT2D eigenvalue weighted by Crippen LogP contribution is 2.35. The molecule has 0 saturated carbocycles. The number of carbonyl (C=O) groups is 1. The molecule has 98 valence electrons. The van der Waals surface area contributed by atoms with Crippen LogP contribution in [0.25, 0.3) is 11.1 Å². The molecule has 0 amide bonds. The number of benzene rings is 1. The van der Waals surface area contributed by atoms with E-state index in [0.29, 0.717) is 18.7 Å². The van der Waals surface area contributed by atoms with Crippen LogP contribution in [-0.4, -0.2) is 16.1 Å². The fourth-order valence-electron chi connectivity index (χ4n) is 2.57. The van der Waals surface area contributed by atoms with E-state index < -0.39 is 11.9 Å². The summed E-state index contributed by atoms with van der Waals surface area (Å²) in [7, 11) is 0. The first-order valence-electron chi connectivity index (χ1n) is 6.40. The molecule has 0 spiro atoms. The van der Waals surface area contributed by atoms with Crippen molar-refractivity contribution < 1.29 is 14.3 Å². The van der Waals surface area contributed by atoms with E-state index in [1.54, 1.807) is 0 Å². The third-order valence-corrected chi connectivity index (χ3v) is 3.63. The summed E-state index contributed by atoms with van der Waals surface area (Å²) in [6.45, 7) is 2.00. The Morgan fingerprint density at radius 3 is 2.95 bits per heavy atom. The number of aryl methyl sites for hydroxylation is 1. The first-order chi connectivity index (χ1) is 9.15. The average Bonchev–Trinajstić information content (AvgIpc) is 2.81. The number of rotatable bonds is 2. The van der Waals surface area contributed by atoms with Gasteiger partial charge in [-0.05, 0) is 37.5 Å². The standard InChI is InChI=1S/C15H15NO3/c1-9-6-7-13-12(8-9)16-14(19-13)10-4-2-3-5-11(10)15(17)18/h2-3,6-8,10-11H,4-5H2,1H3,(H,17,18). The minimum absolute atomic E-state index is 0.171. The summed E-state index contributed by atoms with van der Waals surface area (Å²) < 4.78 is 5.73. The zero-order valence-corrected chi connectivity index (χ0v) is 10.7. The lowest BCUT2D eigenvalue weighted by molar-refractivity contribution is -0.142. The Bertz CT molecular complexity index is 656. The molecular weight excluding hydrogens is 242 g/mol. The maximum absolute atomic E-state index is 11.3. The van der Waals surface area contributed by atoms with Crippen LogP contribution in [0.4, 0.5) is 0 Å². The fraction of sp³-hybridized carbons (Fsp3) is 0.333. The summed E-state index contributed by atoms with van der Waals surface area (Å²) in [6.07, 6.45) is 5.13. The molecule has 1 aromatic carbocycles. The van der Waals surface area contributed by atoms with Crippen LogP contribution in [0.5, 0.6) is 0 Å². The van der Waals surface area contributed by atoms with Gasteiger partial charge >= 0.3 is 5.97 Å². The molecule has 2 aromatic rings. The third kappa shape index (κ3) is 2.14. The minimum atomic E-state index is -0.784. The van der Waals surface area contributed by atoms with Crippen molar-refractivity contribution in [3.63, 3.8) is 0 Å². The van der Waals surface area contributed by atoms with Crippen molar-refractivity contribution in [3.8, 4) is 0 Å². The molecule has 0 radical (unpaired) electrons. The second kappa shape index (κ2) is 4.53. The van der Waals surface area contributed by atoms with Crippen LogP contribution in [0.1, 0.15) is 30.2 Å². The molecule has 19 heavy (non-hydrogen) atoms. The number of aromatic nitrogens is 1. The summed E-state index contributed by atoms with van der Waals surface area (Å²) in [5.74, 6) is -0.862. The second-order valence-corrected chi connectivity index (χ2v) is 5.02. The number of allylic oxidation sites excluding steroid dienone is 2. The smallest absolute Gasteiger partial charge is 0.307 e. The van der Waals surface area contributed by atoms with Gasteiger partial charge in [-0.1, -0.05) is 18.2 Å². The zero-order valence-electron chi connectivity index (χ0n) is 10.7. The van der Waals surface area contributed by atoms with Gasteiger partial charge in [0.15, 0.2) is 11.5 Å². The van der Waals surface area contributed by atoms with Crippen molar-refractivity contribution in [2.45, 2.75) is 25.7 Å². The summed E-state index contributed by atoms with van der Waals surface area (Å²) >= 11 is 0. The lowest BCUT2D eigenvalue weighted by atomic mass is 9.83. The fourth-order valence-corrected chi connectivity index (χ4v) is 2.57. The van der Waals surface area contributed by atoms with Gasteiger partial charge in [0.2, 0.25) is 0 Å².